The van der Waals surface area contributed by atoms with Gasteiger partial charge in [0.25, 0.3) is 0 Å². The molecule has 2 nitrogen and oxygen atoms in total. The van der Waals surface area contributed by atoms with Crippen molar-refractivity contribution >= 4 is 17.5 Å². The van der Waals surface area contributed by atoms with Crippen LogP contribution in [0.1, 0.15) is 25.3 Å². The Labute approximate surface area is 94.6 Å². The zero-order valence-corrected chi connectivity index (χ0v) is 9.47. The first-order valence-electron chi connectivity index (χ1n) is 5.23. The molecule has 0 heterocycles. The number of halogens is 1. The van der Waals surface area contributed by atoms with Gasteiger partial charge in [0.2, 0.25) is 5.91 Å². The molecule has 3 heteroatoms. The summed E-state index contributed by atoms with van der Waals surface area (Å²) >= 11 is 5.93. The van der Waals surface area contributed by atoms with Gasteiger partial charge in [0, 0.05) is 11.6 Å². The molecule has 0 aromatic heterocycles. The summed E-state index contributed by atoms with van der Waals surface area (Å²) in [6.45, 7) is 2.62. The van der Waals surface area contributed by atoms with E-state index in [0.29, 0.717) is 11.6 Å². The van der Waals surface area contributed by atoms with Crippen LogP contribution in [0, 0.1) is 0 Å². The van der Waals surface area contributed by atoms with E-state index < -0.39 is 0 Å². The number of benzene rings is 1. The lowest BCUT2D eigenvalue weighted by Crippen LogP contribution is -2.34. The van der Waals surface area contributed by atoms with Gasteiger partial charge in [0.15, 0.2) is 0 Å². The highest BCUT2D eigenvalue weighted by Crippen LogP contribution is 2.48. The van der Waals surface area contributed by atoms with Crippen molar-refractivity contribution in [2.45, 2.75) is 25.2 Å². The fourth-order valence-corrected chi connectivity index (χ4v) is 2.08. The molecule has 0 unspecified atom stereocenters. The molecule has 80 valence electrons. The van der Waals surface area contributed by atoms with Gasteiger partial charge in [0.05, 0.1) is 5.41 Å². The van der Waals surface area contributed by atoms with E-state index in [-0.39, 0.29) is 11.3 Å². The molecule has 1 aliphatic carbocycles. The van der Waals surface area contributed by atoms with Crippen LogP contribution in [-0.2, 0) is 10.2 Å². The molecule has 0 aliphatic heterocycles. The van der Waals surface area contributed by atoms with Gasteiger partial charge < -0.3 is 5.32 Å². The molecule has 15 heavy (non-hydrogen) atoms. The maximum Gasteiger partial charge on any atom is 0.230 e. The average Bonchev–Trinajstić information content (AvgIpc) is 2.99. The van der Waals surface area contributed by atoms with Gasteiger partial charge >= 0.3 is 0 Å². The Kier molecular flexibility index (Phi) is 2.70. The Bertz CT molecular complexity index is 385. The zero-order chi connectivity index (χ0) is 10.9. The molecular formula is C12H14ClNO. The summed E-state index contributed by atoms with van der Waals surface area (Å²) in [6.07, 6.45) is 1.86. The van der Waals surface area contributed by atoms with Crippen molar-refractivity contribution in [1.82, 2.24) is 5.32 Å². The topological polar surface area (TPSA) is 29.1 Å². The molecule has 0 spiro atoms. The van der Waals surface area contributed by atoms with Crippen LogP contribution in [0.4, 0.5) is 0 Å². The zero-order valence-electron chi connectivity index (χ0n) is 8.72. The van der Waals surface area contributed by atoms with Crippen molar-refractivity contribution in [2.24, 2.45) is 0 Å². The number of likely N-dealkylation sites (N-methyl/N-ethyl adjacent to an activating group) is 1. The highest BCUT2D eigenvalue weighted by atomic mass is 35.5. The van der Waals surface area contributed by atoms with E-state index >= 15 is 0 Å². The molecule has 0 saturated heterocycles. The Morgan fingerprint density at radius 1 is 1.53 bits per heavy atom. The van der Waals surface area contributed by atoms with Gasteiger partial charge in [-0.25, -0.2) is 0 Å². The third-order valence-electron chi connectivity index (χ3n) is 2.90. The number of carbonyl (C=O) groups is 1. The molecule has 1 aliphatic rings. The van der Waals surface area contributed by atoms with Gasteiger partial charge in [-0.3, -0.25) is 4.79 Å². The van der Waals surface area contributed by atoms with E-state index in [1.54, 1.807) is 0 Å². The van der Waals surface area contributed by atoms with Crippen molar-refractivity contribution < 1.29 is 4.79 Å². The van der Waals surface area contributed by atoms with E-state index in [1.165, 1.54) is 0 Å². The number of hydrogen-bond acceptors (Lipinski definition) is 1. The lowest BCUT2D eigenvalue weighted by molar-refractivity contribution is -0.123. The van der Waals surface area contributed by atoms with Crippen molar-refractivity contribution in [2.75, 3.05) is 6.54 Å². The summed E-state index contributed by atoms with van der Waals surface area (Å²) in [5.74, 6) is 0.132. The summed E-state index contributed by atoms with van der Waals surface area (Å²) in [6, 6.07) is 7.60. The number of carbonyl (C=O) groups excluding carboxylic acids is 1. The summed E-state index contributed by atoms with van der Waals surface area (Å²) in [5, 5.41) is 3.58. The minimum Gasteiger partial charge on any atom is -0.356 e. The molecule has 0 bridgehead atoms. The van der Waals surface area contributed by atoms with Crippen LogP contribution in [-0.4, -0.2) is 12.5 Å². The van der Waals surface area contributed by atoms with E-state index in [1.807, 2.05) is 31.2 Å². The van der Waals surface area contributed by atoms with E-state index in [9.17, 15) is 4.79 Å². The van der Waals surface area contributed by atoms with Crippen molar-refractivity contribution in [1.29, 1.82) is 0 Å². The van der Waals surface area contributed by atoms with E-state index in [2.05, 4.69) is 5.32 Å². The summed E-state index contributed by atoms with van der Waals surface area (Å²) < 4.78 is 0. The van der Waals surface area contributed by atoms with Gasteiger partial charge in [-0.05, 0) is 37.5 Å². The first kappa shape index (κ1) is 10.5. The van der Waals surface area contributed by atoms with Gasteiger partial charge in [0.1, 0.15) is 0 Å². The summed E-state index contributed by atoms with van der Waals surface area (Å²) in [5.41, 5.74) is 0.752. The number of nitrogens with one attached hydrogen (secondary N) is 1. The van der Waals surface area contributed by atoms with E-state index in [4.69, 9.17) is 11.6 Å². The van der Waals surface area contributed by atoms with Gasteiger partial charge in [-0.2, -0.15) is 0 Å². The molecule has 0 atom stereocenters. The molecule has 1 fully saturated rings. The van der Waals surface area contributed by atoms with Crippen LogP contribution in [0.5, 0.6) is 0 Å². The molecule has 1 saturated carbocycles. The maximum absolute atomic E-state index is 11.9. The second-order valence-corrected chi connectivity index (χ2v) is 4.39. The van der Waals surface area contributed by atoms with Crippen LogP contribution >= 0.6 is 11.6 Å². The molecule has 1 aromatic rings. The predicted octanol–water partition coefficient (Wildman–Crippen LogP) is 2.51. The Balaban J connectivity index is 2.26. The highest BCUT2D eigenvalue weighted by Gasteiger charge is 2.50. The first-order valence-corrected chi connectivity index (χ1v) is 5.61. The number of rotatable bonds is 3. The molecule has 1 aromatic carbocycles. The Hall–Kier alpha value is -1.02. The van der Waals surface area contributed by atoms with Crippen LogP contribution in [0.25, 0.3) is 0 Å². The first-order chi connectivity index (χ1) is 7.19. The normalized spacial score (nSPS) is 17.2. The van der Waals surface area contributed by atoms with Crippen molar-refractivity contribution in [3.8, 4) is 0 Å². The minimum absolute atomic E-state index is 0.132. The quantitative estimate of drug-likeness (QED) is 0.838. The summed E-state index contributed by atoms with van der Waals surface area (Å²) in [7, 11) is 0. The SMILES string of the molecule is CCNC(=O)C1(c2cccc(Cl)c2)CC1. The van der Waals surface area contributed by atoms with Crippen molar-refractivity contribution in [3.63, 3.8) is 0 Å². The maximum atomic E-state index is 11.9. The third-order valence-corrected chi connectivity index (χ3v) is 3.13. The minimum atomic E-state index is -0.291. The Morgan fingerprint density at radius 3 is 2.80 bits per heavy atom. The monoisotopic (exact) mass is 223 g/mol. The van der Waals surface area contributed by atoms with E-state index in [0.717, 1.165) is 18.4 Å². The van der Waals surface area contributed by atoms with Gasteiger partial charge in [-0.15, -0.1) is 0 Å². The number of amides is 1. The lowest BCUT2D eigenvalue weighted by atomic mass is 9.95. The number of hydrogen-bond donors (Lipinski definition) is 1. The lowest BCUT2D eigenvalue weighted by Gasteiger charge is -2.15. The highest BCUT2D eigenvalue weighted by molar-refractivity contribution is 6.30. The van der Waals surface area contributed by atoms with Crippen LogP contribution in [0.2, 0.25) is 5.02 Å². The molecule has 1 N–H and O–H groups in total. The fourth-order valence-electron chi connectivity index (χ4n) is 1.89. The second kappa shape index (κ2) is 3.86. The smallest absolute Gasteiger partial charge is 0.230 e. The molecule has 0 radical (unpaired) electrons. The van der Waals surface area contributed by atoms with Crippen LogP contribution in [0.3, 0.4) is 0 Å². The molecule has 1 amide bonds. The van der Waals surface area contributed by atoms with Gasteiger partial charge in [-0.1, -0.05) is 23.7 Å². The standard InChI is InChI=1S/C12H14ClNO/c1-2-14-11(15)12(6-7-12)9-4-3-5-10(13)8-9/h3-5,8H,2,6-7H2,1H3,(H,14,15). The second-order valence-electron chi connectivity index (χ2n) is 3.95. The third kappa shape index (κ3) is 1.86. The molecule has 2 rings (SSSR count). The van der Waals surface area contributed by atoms with Crippen LogP contribution < -0.4 is 5.32 Å². The molecular weight excluding hydrogens is 210 g/mol. The van der Waals surface area contributed by atoms with Crippen LogP contribution in [0.15, 0.2) is 24.3 Å². The summed E-state index contributed by atoms with van der Waals surface area (Å²) in [4.78, 5) is 11.9. The van der Waals surface area contributed by atoms with Crippen molar-refractivity contribution in [3.05, 3.63) is 34.9 Å². The average molecular weight is 224 g/mol. The Morgan fingerprint density at radius 2 is 2.27 bits per heavy atom. The largest absolute Gasteiger partial charge is 0.356 e. The predicted molar refractivity (Wildman–Crippen MR) is 61.0 cm³/mol. The fraction of sp³-hybridized carbons (Fsp3) is 0.417.